The molecule has 0 bridgehead atoms. The van der Waals surface area contributed by atoms with E-state index >= 15 is 0 Å². The molecule has 1 saturated heterocycles. The molecular weight excluding hydrogens is 278 g/mol. The molecule has 1 aliphatic rings. The molecule has 0 radical (unpaired) electrons. The third kappa shape index (κ3) is 6.67. The van der Waals surface area contributed by atoms with Gasteiger partial charge in [-0.05, 0) is 38.3 Å². The van der Waals surface area contributed by atoms with Gasteiger partial charge >= 0.3 is 0 Å². The molecule has 1 amide bonds. The van der Waals surface area contributed by atoms with E-state index in [0.29, 0.717) is 38.4 Å². The van der Waals surface area contributed by atoms with Crippen LogP contribution >= 0.6 is 0 Å². The van der Waals surface area contributed by atoms with E-state index in [-0.39, 0.29) is 5.91 Å². The highest BCUT2D eigenvalue weighted by Crippen LogP contribution is 2.15. The largest absolute Gasteiger partial charge is 0.356 e. The van der Waals surface area contributed by atoms with Gasteiger partial charge in [-0.1, -0.05) is 6.92 Å². The van der Waals surface area contributed by atoms with Crippen molar-refractivity contribution >= 4 is 15.9 Å². The smallest absolute Gasteiger partial charge is 0.220 e. The van der Waals surface area contributed by atoms with E-state index in [4.69, 9.17) is 0 Å². The van der Waals surface area contributed by atoms with Gasteiger partial charge in [0.05, 0.1) is 6.26 Å². The van der Waals surface area contributed by atoms with Crippen LogP contribution in [0, 0.1) is 5.92 Å². The van der Waals surface area contributed by atoms with Crippen molar-refractivity contribution in [1.82, 2.24) is 14.9 Å². The Morgan fingerprint density at radius 1 is 1.35 bits per heavy atom. The second kappa shape index (κ2) is 8.59. The second-order valence-electron chi connectivity index (χ2n) is 5.36. The highest BCUT2D eigenvalue weighted by atomic mass is 32.2. The van der Waals surface area contributed by atoms with E-state index in [2.05, 4.69) is 10.6 Å². The molecule has 7 heteroatoms. The fourth-order valence-electron chi connectivity index (χ4n) is 2.46. The van der Waals surface area contributed by atoms with Crippen molar-refractivity contribution < 1.29 is 13.2 Å². The van der Waals surface area contributed by atoms with Crippen molar-refractivity contribution in [2.24, 2.45) is 5.92 Å². The Hall–Kier alpha value is -0.660. The van der Waals surface area contributed by atoms with E-state index < -0.39 is 10.0 Å². The van der Waals surface area contributed by atoms with Crippen LogP contribution in [0.1, 0.15) is 32.6 Å². The maximum Gasteiger partial charge on any atom is 0.220 e. The molecule has 0 aliphatic carbocycles. The van der Waals surface area contributed by atoms with Gasteiger partial charge in [-0.2, -0.15) is 0 Å². The molecule has 1 heterocycles. The van der Waals surface area contributed by atoms with E-state index in [0.717, 1.165) is 25.9 Å². The Balaban J connectivity index is 2.15. The predicted octanol–water partition coefficient (Wildman–Crippen LogP) is 0.164. The Labute approximate surface area is 122 Å². The summed E-state index contributed by atoms with van der Waals surface area (Å²) in [6.07, 6.45) is 4.58. The molecule has 2 N–H and O–H groups in total. The number of piperidine rings is 1. The molecule has 0 aromatic heterocycles. The number of nitrogens with zero attached hydrogens (tertiary/aromatic N) is 1. The summed E-state index contributed by atoms with van der Waals surface area (Å²) in [4.78, 5) is 11.8. The summed E-state index contributed by atoms with van der Waals surface area (Å²) < 4.78 is 24.2. The van der Waals surface area contributed by atoms with Crippen LogP contribution in [-0.2, 0) is 14.8 Å². The normalized spacial score (nSPS) is 17.4. The standard InChI is InChI=1S/C13H27N3O3S/c1-3-16(20(2,18)19)10-4-7-15-13(17)11-12-5-8-14-9-6-12/h12,14H,3-11H2,1-2H3,(H,15,17). The van der Waals surface area contributed by atoms with Crippen molar-refractivity contribution in [3.8, 4) is 0 Å². The number of hydrogen-bond donors (Lipinski definition) is 2. The van der Waals surface area contributed by atoms with E-state index in [1.165, 1.54) is 10.6 Å². The van der Waals surface area contributed by atoms with Crippen LogP contribution < -0.4 is 10.6 Å². The zero-order valence-corrected chi connectivity index (χ0v) is 13.3. The molecular formula is C13H27N3O3S. The lowest BCUT2D eigenvalue weighted by molar-refractivity contribution is -0.122. The zero-order valence-electron chi connectivity index (χ0n) is 12.5. The van der Waals surface area contributed by atoms with Gasteiger partial charge in [0, 0.05) is 26.1 Å². The Morgan fingerprint density at radius 3 is 2.55 bits per heavy atom. The highest BCUT2D eigenvalue weighted by molar-refractivity contribution is 7.88. The third-order valence-corrected chi connectivity index (χ3v) is 5.04. The van der Waals surface area contributed by atoms with Crippen molar-refractivity contribution in [3.63, 3.8) is 0 Å². The summed E-state index contributed by atoms with van der Waals surface area (Å²) in [6.45, 7) is 5.28. The molecule has 0 aromatic rings. The lowest BCUT2D eigenvalue weighted by atomic mass is 9.94. The van der Waals surface area contributed by atoms with Gasteiger partial charge in [0.2, 0.25) is 15.9 Å². The highest BCUT2D eigenvalue weighted by Gasteiger charge is 2.17. The number of carbonyl (C=O) groups is 1. The third-order valence-electron chi connectivity index (χ3n) is 3.66. The molecule has 0 spiro atoms. The first-order valence-corrected chi connectivity index (χ1v) is 9.21. The summed E-state index contributed by atoms with van der Waals surface area (Å²) >= 11 is 0. The summed E-state index contributed by atoms with van der Waals surface area (Å²) in [7, 11) is -3.12. The van der Waals surface area contributed by atoms with Gasteiger partial charge in [0.1, 0.15) is 0 Å². The SMILES string of the molecule is CCN(CCCNC(=O)CC1CCNCC1)S(C)(=O)=O. The number of amides is 1. The van der Waals surface area contributed by atoms with Gasteiger partial charge in [0.25, 0.3) is 0 Å². The zero-order chi connectivity index (χ0) is 15.0. The maximum absolute atomic E-state index is 11.8. The minimum absolute atomic E-state index is 0.0827. The molecule has 0 unspecified atom stereocenters. The fourth-order valence-corrected chi connectivity index (χ4v) is 3.39. The molecule has 0 saturated carbocycles. The summed E-state index contributed by atoms with van der Waals surface area (Å²) in [5.41, 5.74) is 0. The van der Waals surface area contributed by atoms with Gasteiger partial charge in [-0.15, -0.1) is 0 Å². The molecule has 6 nitrogen and oxygen atoms in total. The fraction of sp³-hybridized carbons (Fsp3) is 0.923. The number of carbonyl (C=O) groups excluding carboxylic acids is 1. The lowest BCUT2D eigenvalue weighted by Gasteiger charge is -2.22. The predicted molar refractivity (Wildman–Crippen MR) is 79.9 cm³/mol. The van der Waals surface area contributed by atoms with Crippen LogP contribution in [-0.4, -0.2) is 57.6 Å². The first kappa shape index (κ1) is 17.4. The molecule has 118 valence electrons. The Kier molecular flexibility index (Phi) is 7.47. The number of sulfonamides is 1. The van der Waals surface area contributed by atoms with Gasteiger partial charge in [-0.25, -0.2) is 12.7 Å². The molecule has 1 aliphatic heterocycles. The topological polar surface area (TPSA) is 78.5 Å². The van der Waals surface area contributed by atoms with Crippen LogP contribution in [0.5, 0.6) is 0 Å². The summed E-state index contributed by atoms with van der Waals surface area (Å²) in [6, 6.07) is 0. The number of rotatable bonds is 8. The van der Waals surface area contributed by atoms with Gasteiger partial charge in [0.15, 0.2) is 0 Å². The van der Waals surface area contributed by atoms with E-state index in [1.807, 2.05) is 6.92 Å². The van der Waals surface area contributed by atoms with Crippen LogP contribution in [0.3, 0.4) is 0 Å². The van der Waals surface area contributed by atoms with Gasteiger partial charge < -0.3 is 10.6 Å². The lowest BCUT2D eigenvalue weighted by Crippen LogP contribution is -2.35. The molecule has 0 aromatic carbocycles. The molecule has 0 atom stereocenters. The quantitative estimate of drug-likeness (QED) is 0.626. The average Bonchev–Trinajstić information content (AvgIpc) is 2.38. The maximum atomic E-state index is 11.8. The minimum Gasteiger partial charge on any atom is -0.356 e. The van der Waals surface area contributed by atoms with Crippen molar-refractivity contribution in [2.45, 2.75) is 32.6 Å². The van der Waals surface area contributed by atoms with Crippen molar-refractivity contribution in [1.29, 1.82) is 0 Å². The number of hydrogen-bond acceptors (Lipinski definition) is 4. The first-order valence-electron chi connectivity index (χ1n) is 7.36. The van der Waals surface area contributed by atoms with Crippen molar-refractivity contribution in [2.75, 3.05) is 39.0 Å². The minimum atomic E-state index is -3.12. The summed E-state index contributed by atoms with van der Waals surface area (Å²) in [5, 5.41) is 6.16. The number of nitrogens with one attached hydrogen (secondary N) is 2. The Morgan fingerprint density at radius 2 is 2.00 bits per heavy atom. The molecule has 20 heavy (non-hydrogen) atoms. The van der Waals surface area contributed by atoms with Crippen LogP contribution in [0.25, 0.3) is 0 Å². The van der Waals surface area contributed by atoms with Crippen molar-refractivity contribution in [3.05, 3.63) is 0 Å². The first-order chi connectivity index (χ1) is 9.43. The second-order valence-corrected chi connectivity index (χ2v) is 7.34. The Bertz CT molecular complexity index is 392. The molecule has 1 rings (SSSR count). The van der Waals surface area contributed by atoms with E-state index in [1.54, 1.807) is 0 Å². The van der Waals surface area contributed by atoms with Crippen LogP contribution in [0.4, 0.5) is 0 Å². The van der Waals surface area contributed by atoms with Gasteiger partial charge in [-0.3, -0.25) is 4.79 Å². The molecule has 1 fully saturated rings. The monoisotopic (exact) mass is 305 g/mol. The average molecular weight is 305 g/mol. The van der Waals surface area contributed by atoms with Crippen LogP contribution in [0.15, 0.2) is 0 Å². The van der Waals surface area contributed by atoms with Crippen LogP contribution in [0.2, 0.25) is 0 Å². The summed E-state index contributed by atoms with van der Waals surface area (Å²) in [5.74, 6) is 0.568. The van der Waals surface area contributed by atoms with E-state index in [9.17, 15) is 13.2 Å².